The number of aromatic nitrogens is 1. The van der Waals surface area contributed by atoms with Gasteiger partial charge in [0.1, 0.15) is 0 Å². The maximum Gasteiger partial charge on any atom is 0.270 e. The van der Waals surface area contributed by atoms with E-state index in [4.69, 9.17) is 0 Å². The number of nitrogens with zero attached hydrogens (tertiary/aromatic N) is 4. The van der Waals surface area contributed by atoms with Crippen molar-refractivity contribution in [3.05, 3.63) is 58.1 Å². The zero-order valence-corrected chi connectivity index (χ0v) is 21.6. The number of rotatable bonds is 10. The number of non-ortho nitro benzene ring substituents is 1. The molecule has 3 rings (SSSR count). The second-order valence-corrected chi connectivity index (χ2v) is 10.6. The summed E-state index contributed by atoms with van der Waals surface area (Å²) in [7, 11) is -3.47. The Bertz CT molecular complexity index is 1280. The fourth-order valence-corrected chi connectivity index (χ4v) is 5.29. The number of fused-ring (bicyclic) bond motifs is 1. The minimum Gasteiger partial charge on any atom is -0.302 e. The van der Waals surface area contributed by atoms with Crippen LogP contribution in [0.15, 0.2) is 47.4 Å². The molecule has 0 fully saturated rings. The van der Waals surface area contributed by atoms with Crippen LogP contribution in [0.1, 0.15) is 31.1 Å². The van der Waals surface area contributed by atoms with Crippen LogP contribution in [0.25, 0.3) is 10.2 Å². The molecule has 0 radical (unpaired) electrons. The van der Waals surface area contributed by atoms with E-state index in [-0.39, 0.29) is 40.2 Å². The fourth-order valence-electron chi connectivity index (χ4n) is 3.34. The first kappa shape index (κ1) is 27.6. The number of nitro benzene ring substituents is 1. The van der Waals surface area contributed by atoms with Crippen molar-refractivity contribution in [3.8, 4) is 0 Å². The predicted molar refractivity (Wildman–Crippen MR) is 137 cm³/mol. The molecule has 12 heteroatoms. The van der Waals surface area contributed by atoms with Gasteiger partial charge in [0.2, 0.25) is 0 Å². The van der Waals surface area contributed by atoms with Crippen LogP contribution in [-0.4, -0.2) is 61.1 Å². The number of carbonyl (C=O) groups excluding carboxylic acids is 1. The van der Waals surface area contributed by atoms with Crippen LogP contribution in [0.2, 0.25) is 0 Å². The van der Waals surface area contributed by atoms with E-state index in [0.717, 1.165) is 13.1 Å². The second-order valence-electron chi connectivity index (χ2n) is 7.32. The molecule has 3 aromatic rings. The van der Waals surface area contributed by atoms with Gasteiger partial charge in [0, 0.05) is 30.8 Å². The summed E-state index contributed by atoms with van der Waals surface area (Å²) < 4.78 is 25.2. The van der Waals surface area contributed by atoms with Crippen molar-refractivity contribution in [1.82, 2.24) is 9.88 Å². The molecule has 1 amide bonds. The summed E-state index contributed by atoms with van der Waals surface area (Å²) in [6.07, 6.45) is 0. The Morgan fingerprint density at radius 3 is 2.41 bits per heavy atom. The Morgan fingerprint density at radius 1 is 1.09 bits per heavy atom. The molecule has 0 spiro atoms. The van der Waals surface area contributed by atoms with Gasteiger partial charge in [0.15, 0.2) is 15.0 Å². The van der Waals surface area contributed by atoms with Crippen LogP contribution < -0.4 is 4.90 Å². The minimum atomic E-state index is -3.47. The number of sulfone groups is 1. The Kier molecular flexibility index (Phi) is 9.51. The highest BCUT2D eigenvalue weighted by molar-refractivity contribution is 7.91. The van der Waals surface area contributed by atoms with Crippen molar-refractivity contribution in [3.63, 3.8) is 0 Å². The Balaban J connectivity index is 0.00000408. The number of hydrogen-bond donors (Lipinski definition) is 0. The van der Waals surface area contributed by atoms with Gasteiger partial charge in [0.05, 0.1) is 25.8 Å². The van der Waals surface area contributed by atoms with Gasteiger partial charge in [-0.25, -0.2) is 13.4 Å². The molecule has 0 atom stereocenters. The molecular formula is C22H27ClN4O5S2. The summed E-state index contributed by atoms with van der Waals surface area (Å²) in [5.41, 5.74) is 0.758. The van der Waals surface area contributed by atoms with E-state index in [0.29, 0.717) is 28.4 Å². The van der Waals surface area contributed by atoms with Gasteiger partial charge in [-0.1, -0.05) is 38.2 Å². The average molecular weight is 527 g/mol. The lowest BCUT2D eigenvalue weighted by molar-refractivity contribution is -0.384. The van der Waals surface area contributed by atoms with Crippen LogP contribution in [0.5, 0.6) is 0 Å². The topological polar surface area (TPSA) is 114 Å². The summed E-state index contributed by atoms with van der Waals surface area (Å²) in [5, 5.41) is 11.5. The third kappa shape index (κ3) is 6.09. The molecule has 1 aromatic heterocycles. The molecule has 34 heavy (non-hydrogen) atoms. The van der Waals surface area contributed by atoms with Crippen LogP contribution in [0.4, 0.5) is 10.8 Å². The molecule has 0 bridgehead atoms. The number of halogens is 1. The highest BCUT2D eigenvalue weighted by Gasteiger charge is 2.24. The first-order valence-electron chi connectivity index (χ1n) is 10.6. The largest absolute Gasteiger partial charge is 0.302 e. The van der Waals surface area contributed by atoms with Crippen LogP contribution in [-0.2, 0) is 9.84 Å². The van der Waals surface area contributed by atoms with Gasteiger partial charge >= 0.3 is 0 Å². The number of benzene rings is 2. The maximum absolute atomic E-state index is 13.5. The predicted octanol–water partition coefficient (Wildman–Crippen LogP) is 4.41. The first-order valence-corrected chi connectivity index (χ1v) is 13.1. The van der Waals surface area contributed by atoms with E-state index in [1.807, 2.05) is 13.8 Å². The lowest BCUT2D eigenvalue weighted by Gasteiger charge is -2.25. The molecular weight excluding hydrogens is 500 g/mol. The summed E-state index contributed by atoms with van der Waals surface area (Å²) >= 11 is 1.19. The van der Waals surface area contributed by atoms with E-state index in [9.17, 15) is 23.3 Å². The Morgan fingerprint density at radius 2 is 1.79 bits per heavy atom. The highest BCUT2D eigenvalue weighted by atomic mass is 35.5. The number of thiazole rings is 1. The average Bonchev–Trinajstić information content (AvgIpc) is 3.24. The van der Waals surface area contributed by atoms with Gasteiger partial charge in [-0.3, -0.25) is 19.8 Å². The Labute approximate surface area is 208 Å². The van der Waals surface area contributed by atoms with E-state index < -0.39 is 14.8 Å². The Hall–Kier alpha value is -2.60. The maximum atomic E-state index is 13.5. The van der Waals surface area contributed by atoms with Crippen LogP contribution in [0, 0.1) is 10.1 Å². The third-order valence-electron chi connectivity index (χ3n) is 5.40. The van der Waals surface area contributed by atoms with E-state index >= 15 is 0 Å². The molecule has 0 aliphatic heterocycles. The molecule has 184 valence electrons. The molecule has 0 aliphatic rings. The summed E-state index contributed by atoms with van der Waals surface area (Å²) in [5.74, 6) is -0.434. The molecule has 1 heterocycles. The number of carbonyl (C=O) groups is 1. The van der Waals surface area contributed by atoms with E-state index in [1.54, 1.807) is 25.1 Å². The molecule has 0 aliphatic carbocycles. The summed E-state index contributed by atoms with van der Waals surface area (Å²) in [4.78, 5) is 32.5. The van der Waals surface area contributed by atoms with Gasteiger partial charge in [0.25, 0.3) is 11.6 Å². The number of hydrogen-bond acceptors (Lipinski definition) is 8. The highest BCUT2D eigenvalue weighted by Crippen LogP contribution is 2.32. The van der Waals surface area contributed by atoms with Crippen molar-refractivity contribution >= 4 is 60.5 Å². The lowest BCUT2D eigenvalue weighted by Crippen LogP contribution is -2.39. The van der Waals surface area contributed by atoms with Crippen LogP contribution >= 0.6 is 23.7 Å². The van der Waals surface area contributed by atoms with Crippen molar-refractivity contribution in [2.45, 2.75) is 25.7 Å². The summed E-state index contributed by atoms with van der Waals surface area (Å²) in [6, 6.07) is 10.4. The lowest BCUT2D eigenvalue weighted by atomic mass is 10.2. The van der Waals surface area contributed by atoms with Gasteiger partial charge in [-0.2, -0.15) is 0 Å². The number of likely N-dealkylation sites (N-methyl/N-ethyl adjacent to an activating group) is 1. The zero-order valence-electron chi connectivity index (χ0n) is 19.1. The van der Waals surface area contributed by atoms with Gasteiger partial charge in [-0.05, 0) is 37.4 Å². The van der Waals surface area contributed by atoms with E-state index in [2.05, 4.69) is 9.88 Å². The fraction of sp³-hybridized carbons (Fsp3) is 0.364. The van der Waals surface area contributed by atoms with Gasteiger partial charge in [-0.15, -0.1) is 12.4 Å². The molecule has 0 saturated heterocycles. The van der Waals surface area contributed by atoms with E-state index in [1.165, 1.54) is 40.5 Å². The van der Waals surface area contributed by atoms with Crippen molar-refractivity contribution in [2.75, 3.05) is 36.8 Å². The quantitative estimate of drug-likeness (QED) is 0.284. The standard InChI is InChI=1S/C22H26N4O5S2.ClH/c1-4-24(5-2)12-13-25(21(27)16-8-7-9-18(14-16)33(30,31)6-3)22-23-19-11-10-17(26(28)29)15-20(19)32-22;/h7-11,14-15H,4-6,12-13H2,1-3H3;1H. The van der Waals surface area contributed by atoms with Crippen molar-refractivity contribution < 1.29 is 18.1 Å². The van der Waals surface area contributed by atoms with Crippen molar-refractivity contribution in [1.29, 1.82) is 0 Å². The molecule has 2 aromatic carbocycles. The molecule has 0 unspecified atom stereocenters. The SMILES string of the molecule is CCN(CC)CCN(C(=O)c1cccc(S(=O)(=O)CC)c1)c1nc2ccc([N+](=O)[O-])cc2s1.Cl. The second kappa shape index (κ2) is 11.7. The molecule has 9 nitrogen and oxygen atoms in total. The van der Waals surface area contributed by atoms with Crippen molar-refractivity contribution in [2.24, 2.45) is 0 Å². The molecule has 0 saturated carbocycles. The number of amides is 1. The monoisotopic (exact) mass is 526 g/mol. The normalized spacial score (nSPS) is 11.4. The smallest absolute Gasteiger partial charge is 0.270 e. The van der Waals surface area contributed by atoms with Crippen LogP contribution in [0.3, 0.4) is 0 Å². The zero-order chi connectivity index (χ0) is 24.2. The number of anilines is 1. The number of nitro groups is 1. The third-order valence-corrected chi connectivity index (χ3v) is 8.18. The van der Waals surface area contributed by atoms with Gasteiger partial charge < -0.3 is 4.90 Å². The summed E-state index contributed by atoms with van der Waals surface area (Å²) in [6.45, 7) is 8.19. The molecule has 0 N–H and O–H groups in total. The minimum absolute atomic E-state index is 0. The first-order chi connectivity index (χ1) is 15.7.